The Morgan fingerprint density at radius 3 is 2.38 bits per heavy atom. The number of halogens is 1. The van der Waals surface area contributed by atoms with Gasteiger partial charge in [-0.3, -0.25) is 0 Å². The molecule has 0 heterocycles. The highest BCUT2D eigenvalue weighted by Gasteiger charge is 2.08. The first kappa shape index (κ1) is 11.4. The monoisotopic (exact) mass is 328 g/mol. The minimum absolute atomic E-state index is 0.637. The zero-order chi connectivity index (χ0) is 9.90. The van der Waals surface area contributed by atoms with Gasteiger partial charge in [0.05, 0.1) is 0 Å². The molecule has 0 spiro atoms. The predicted molar refractivity (Wildman–Crippen MR) is 67.0 cm³/mol. The number of hydrogen-bond donors (Lipinski definition) is 1. The zero-order valence-corrected chi connectivity index (χ0v) is 11.0. The smallest absolute Gasteiger partial charge is 0.295 e. The van der Waals surface area contributed by atoms with Gasteiger partial charge in [0.25, 0.3) is 4.13 Å². The van der Waals surface area contributed by atoms with Crippen molar-refractivity contribution in [3.63, 3.8) is 0 Å². The molecule has 72 valence electrons. The van der Waals surface area contributed by atoms with Gasteiger partial charge in [-0.2, -0.15) is 0 Å². The number of hydrogen-bond acceptors (Lipinski definition) is 2. The standard InChI is InChI=1S/C8H10IO2PS/c1-2-7-3-5-8(6-4-7)11-12(9,10)13/h3-6H,2H2,1H3,(H,10,13). The largest absolute Gasteiger partial charge is 0.437 e. The molecule has 0 fully saturated rings. The van der Waals surface area contributed by atoms with Crippen LogP contribution in [0.1, 0.15) is 12.5 Å². The van der Waals surface area contributed by atoms with Gasteiger partial charge in [-0.05, 0) is 35.9 Å². The quantitative estimate of drug-likeness (QED) is 0.682. The molecular weight excluding hydrogens is 318 g/mol. The van der Waals surface area contributed by atoms with Crippen molar-refractivity contribution in [3.05, 3.63) is 29.8 Å². The van der Waals surface area contributed by atoms with Crippen LogP contribution in [-0.2, 0) is 18.2 Å². The minimum atomic E-state index is -2.61. The summed E-state index contributed by atoms with van der Waals surface area (Å²) in [5.41, 5.74) is 1.24. The maximum atomic E-state index is 9.29. The Morgan fingerprint density at radius 2 is 2.00 bits per heavy atom. The van der Waals surface area contributed by atoms with Gasteiger partial charge in [-0.1, -0.05) is 19.1 Å². The lowest BCUT2D eigenvalue weighted by atomic mass is 10.2. The van der Waals surface area contributed by atoms with Crippen LogP contribution >= 0.6 is 26.2 Å². The Balaban J connectivity index is 2.76. The van der Waals surface area contributed by atoms with Gasteiger partial charge in [0.15, 0.2) is 0 Å². The van der Waals surface area contributed by atoms with E-state index >= 15 is 0 Å². The van der Waals surface area contributed by atoms with Gasteiger partial charge in [-0.25, -0.2) is 0 Å². The van der Waals surface area contributed by atoms with Gasteiger partial charge in [0.2, 0.25) is 0 Å². The maximum Gasteiger partial charge on any atom is 0.295 e. The summed E-state index contributed by atoms with van der Waals surface area (Å²) in [6, 6.07) is 7.59. The molecule has 0 aromatic heterocycles. The highest BCUT2D eigenvalue weighted by molar-refractivity contribution is 14.2. The topological polar surface area (TPSA) is 29.5 Å². The van der Waals surface area contributed by atoms with Gasteiger partial charge < -0.3 is 9.42 Å². The summed E-state index contributed by atoms with van der Waals surface area (Å²) < 4.78 is 2.56. The van der Waals surface area contributed by atoms with Gasteiger partial charge in [0.1, 0.15) is 5.75 Å². The summed E-state index contributed by atoms with van der Waals surface area (Å²) in [5.74, 6) is 0.637. The Hall–Kier alpha value is 0.360. The SMILES string of the molecule is CCc1ccc(OP(O)(=S)I)cc1. The molecule has 0 aliphatic rings. The van der Waals surface area contributed by atoms with Crippen molar-refractivity contribution in [2.75, 3.05) is 0 Å². The molecule has 5 heteroatoms. The van der Waals surface area contributed by atoms with Crippen LogP contribution in [-0.4, -0.2) is 4.89 Å². The van der Waals surface area contributed by atoms with E-state index in [1.807, 2.05) is 24.3 Å². The zero-order valence-electron chi connectivity index (χ0n) is 7.11. The average Bonchev–Trinajstić information content (AvgIpc) is 2.03. The molecule has 1 atom stereocenters. The number of benzene rings is 1. The molecule has 0 amide bonds. The first-order chi connectivity index (χ1) is 6.01. The van der Waals surface area contributed by atoms with E-state index in [0.717, 1.165) is 6.42 Å². The van der Waals surface area contributed by atoms with E-state index in [1.54, 1.807) is 22.0 Å². The Bertz CT molecular complexity index is 319. The van der Waals surface area contributed by atoms with Crippen molar-refractivity contribution in [1.29, 1.82) is 0 Å². The van der Waals surface area contributed by atoms with Gasteiger partial charge in [0, 0.05) is 22.0 Å². The second-order valence-corrected chi connectivity index (χ2v) is 11.0. The third-order valence-corrected chi connectivity index (χ3v) is 2.80. The fourth-order valence-electron chi connectivity index (χ4n) is 0.916. The molecule has 1 aromatic carbocycles. The molecule has 0 saturated carbocycles. The molecule has 0 radical (unpaired) electrons. The number of rotatable bonds is 3. The second-order valence-electron chi connectivity index (χ2n) is 2.54. The Kier molecular flexibility index (Phi) is 4.16. The highest BCUT2D eigenvalue weighted by atomic mass is 127. The van der Waals surface area contributed by atoms with E-state index in [9.17, 15) is 4.89 Å². The fraction of sp³-hybridized carbons (Fsp3) is 0.250. The maximum absolute atomic E-state index is 9.29. The summed E-state index contributed by atoms with van der Waals surface area (Å²) >= 11 is 6.52. The summed E-state index contributed by atoms with van der Waals surface area (Å²) in [6.45, 7) is 2.09. The molecule has 1 aromatic rings. The van der Waals surface area contributed by atoms with E-state index in [0.29, 0.717) is 5.75 Å². The van der Waals surface area contributed by atoms with E-state index in [-0.39, 0.29) is 0 Å². The number of aryl methyl sites for hydroxylation is 1. The van der Waals surface area contributed by atoms with Crippen LogP contribution in [0.4, 0.5) is 0 Å². The molecule has 0 saturated heterocycles. The molecule has 1 rings (SSSR count). The Morgan fingerprint density at radius 1 is 1.46 bits per heavy atom. The van der Waals surface area contributed by atoms with Crippen molar-refractivity contribution in [1.82, 2.24) is 0 Å². The van der Waals surface area contributed by atoms with Crippen molar-refractivity contribution >= 4 is 38.0 Å². The molecule has 13 heavy (non-hydrogen) atoms. The van der Waals surface area contributed by atoms with Crippen molar-refractivity contribution in [2.24, 2.45) is 0 Å². The lowest BCUT2D eigenvalue weighted by Gasteiger charge is -2.09. The van der Waals surface area contributed by atoms with E-state index in [1.165, 1.54) is 5.56 Å². The summed E-state index contributed by atoms with van der Waals surface area (Å²) in [5, 5.41) is 0. The molecule has 1 unspecified atom stereocenters. The Labute approximate surface area is 96.0 Å². The van der Waals surface area contributed by atoms with Gasteiger partial charge >= 0.3 is 0 Å². The molecule has 0 aliphatic heterocycles. The second kappa shape index (κ2) is 4.73. The van der Waals surface area contributed by atoms with Crippen LogP contribution < -0.4 is 4.52 Å². The summed E-state index contributed by atoms with van der Waals surface area (Å²) in [7, 11) is 0. The summed E-state index contributed by atoms with van der Waals surface area (Å²) in [4.78, 5) is 9.29. The molecule has 0 bridgehead atoms. The molecule has 2 nitrogen and oxygen atoms in total. The molecule has 0 aliphatic carbocycles. The van der Waals surface area contributed by atoms with Crippen molar-refractivity contribution in [2.45, 2.75) is 13.3 Å². The molecule has 1 N–H and O–H groups in total. The third kappa shape index (κ3) is 4.40. The third-order valence-electron chi connectivity index (χ3n) is 1.55. The van der Waals surface area contributed by atoms with Crippen LogP contribution in [0, 0.1) is 0 Å². The van der Waals surface area contributed by atoms with E-state index in [2.05, 4.69) is 6.92 Å². The van der Waals surface area contributed by atoms with Crippen molar-refractivity contribution in [3.8, 4) is 5.75 Å². The van der Waals surface area contributed by atoms with Gasteiger partial charge in [-0.15, -0.1) is 0 Å². The first-order valence-corrected chi connectivity index (χ1v) is 9.28. The highest BCUT2D eigenvalue weighted by Crippen LogP contribution is 2.51. The van der Waals surface area contributed by atoms with Crippen LogP contribution in [0.25, 0.3) is 0 Å². The van der Waals surface area contributed by atoms with Crippen LogP contribution in [0.5, 0.6) is 5.75 Å². The normalized spacial score (nSPS) is 15.0. The minimum Gasteiger partial charge on any atom is -0.437 e. The van der Waals surface area contributed by atoms with Crippen LogP contribution in [0.2, 0.25) is 0 Å². The van der Waals surface area contributed by atoms with E-state index in [4.69, 9.17) is 16.3 Å². The summed E-state index contributed by atoms with van der Waals surface area (Å²) in [6.07, 6.45) is 0.998. The van der Waals surface area contributed by atoms with Crippen molar-refractivity contribution < 1.29 is 9.42 Å². The first-order valence-electron chi connectivity index (χ1n) is 3.82. The van der Waals surface area contributed by atoms with Crippen LogP contribution in [0.3, 0.4) is 0 Å². The van der Waals surface area contributed by atoms with E-state index < -0.39 is 4.13 Å². The average molecular weight is 328 g/mol. The van der Waals surface area contributed by atoms with Crippen LogP contribution in [0.15, 0.2) is 24.3 Å². The molecular formula is C8H10IO2PS. The lowest BCUT2D eigenvalue weighted by Crippen LogP contribution is -1.85. The predicted octanol–water partition coefficient (Wildman–Crippen LogP) is 3.28. The fourth-order valence-corrected chi connectivity index (χ4v) is 2.24. The lowest BCUT2D eigenvalue weighted by molar-refractivity contribution is 0.508.